The maximum Gasteiger partial charge on any atom is 0.235 e. The Morgan fingerprint density at radius 3 is 2.44 bits per heavy atom. The lowest BCUT2D eigenvalue weighted by molar-refractivity contribution is -0.119. The zero-order chi connectivity index (χ0) is 13.6. The number of hydrogen-bond acceptors (Lipinski definition) is 4. The number of carbonyl (C=O) groups is 1. The SMILES string of the molecule is NC(=S)CCS(=O)(=O)CC(=O)NC1CCCCC1. The topological polar surface area (TPSA) is 89.3 Å². The first kappa shape index (κ1) is 15.4. The van der Waals surface area contributed by atoms with E-state index >= 15 is 0 Å². The molecule has 0 bridgehead atoms. The summed E-state index contributed by atoms with van der Waals surface area (Å²) in [7, 11) is -3.41. The molecule has 0 aliphatic heterocycles. The molecule has 0 aromatic carbocycles. The van der Waals surface area contributed by atoms with Crippen LogP contribution in [0.5, 0.6) is 0 Å². The van der Waals surface area contributed by atoms with Gasteiger partial charge in [-0.3, -0.25) is 4.79 Å². The van der Waals surface area contributed by atoms with Crippen LogP contribution in [-0.2, 0) is 14.6 Å². The van der Waals surface area contributed by atoms with Gasteiger partial charge in [-0.1, -0.05) is 31.5 Å². The molecule has 1 aliphatic rings. The van der Waals surface area contributed by atoms with Crippen molar-refractivity contribution in [2.45, 2.75) is 44.6 Å². The van der Waals surface area contributed by atoms with Gasteiger partial charge in [0.05, 0.1) is 10.7 Å². The summed E-state index contributed by atoms with van der Waals surface area (Å²) in [4.78, 5) is 11.8. The predicted molar refractivity (Wildman–Crippen MR) is 75.1 cm³/mol. The van der Waals surface area contributed by atoms with E-state index in [0.29, 0.717) is 0 Å². The van der Waals surface area contributed by atoms with Crippen molar-refractivity contribution in [3.8, 4) is 0 Å². The normalized spacial score (nSPS) is 17.3. The third-order valence-electron chi connectivity index (χ3n) is 2.98. The highest BCUT2D eigenvalue weighted by Gasteiger charge is 2.20. The van der Waals surface area contributed by atoms with Crippen LogP contribution in [0.3, 0.4) is 0 Å². The van der Waals surface area contributed by atoms with Gasteiger partial charge in [0.15, 0.2) is 9.84 Å². The van der Waals surface area contributed by atoms with Crippen LogP contribution >= 0.6 is 12.2 Å². The average Bonchev–Trinajstić information content (AvgIpc) is 2.27. The van der Waals surface area contributed by atoms with E-state index in [2.05, 4.69) is 17.5 Å². The second-order valence-electron chi connectivity index (χ2n) is 4.71. The lowest BCUT2D eigenvalue weighted by Gasteiger charge is -2.22. The third-order valence-corrected chi connectivity index (χ3v) is 4.71. The number of nitrogens with two attached hydrogens (primary N) is 1. The van der Waals surface area contributed by atoms with Crippen LogP contribution in [0.15, 0.2) is 0 Å². The lowest BCUT2D eigenvalue weighted by atomic mass is 9.95. The van der Waals surface area contributed by atoms with Crippen molar-refractivity contribution in [1.29, 1.82) is 0 Å². The van der Waals surface area contributed by atoms with Crippen molar-refractivity contribution in [1.82, 2.24) is 5.32 Å². The standard InChI is InChI=1S/C11H20N2O3S2/c12-10(17)6-7-18(15,16)8-11(14)13-9-4-2-1-3-5-9/h9H,1-8H2,(H2,12,17)(H,13,14). The van der Waals surface area contributed by atoms with Gasteiger partial charge in [0.25, 0.3) is 0 Å². The van der Waals surface area contributed by atoms with E-state index in [1.807, 2.05) is 0 Å². The summed E-state index contributed by atoms with van der Waals surface area (Å²) in [6, 6.07) is 0.136. The Bertz CT molecular complexity index is 401. The number of rotatable bonds is 6. The summed E-state index contributed by atoms with van der Waals surface area (Å²) < 4.78 is 23.2. The van der Waals surface area contributed by atoms with Gasteiger partial charge in [-0.25, -0.2) is 8.42 Å². The minimum Gasteiger partial charge on any atom is -0.393 e. The van der Waals surface area contributed by atoms with E-state index in [-0.39, 0.29) is 23.2 Å². The van der Waals surface area contributed by atoms with Crippen molar-refractivity contribution in [2.75, 3.05) is 11.5 Å². The molecule has 0 radical (unpaired) electrons. The first-order valence-electron chi connectivity index (χ1n) is 6.17. The number of sulfone groups is 1. The fourth-order valence-electron chi connectivity index (χ4n) is 2.04. The maximum atomic E-state index is 11.6. The highest BCUT2D eigenvalue weighted by molar-refractivity contribution is 7.92. The van der Waals surface area contributed by atoms with E-state index in [4.69, 9.17) is 5.73 Å². The molecule has 0 heterocycles. The summed E-state index contributed by atoms with van der Waals surface area (Å²) in [5.74, 6) is -1.03. The van der Waals surface area contributed by atoms with Crippen LogP contribution < -0.4 is 11.1 Å². The van der Waals surface area contributed by atoms with Gasteiger partial charge in [0, 0.05) is 12.5 Å². The molecule has 1 amide bonds. The van der Waals surface area contributed by atoms with Gasteiger partial charge in [0.1, 0.15) is 5.75 Å². The summed E-state index contributed by atoms with van der Waals surface area (Å²) in [5.41, 5.74) is 5.25. The molecular formula is C11H20N2O3S2. The summed E-state index contributed by atoms with van der Waals surface area (Å²) in [5, 5.41) is 2.78. The van der Waals surface area contributed by atoms with Gasteiger partial charge < -0.3 is 11.1 Å². The molecule has 1 saturated carbocycles. The summed E-state index contributed by atoms with van der Waals surface area (Å²) in [6.07, 6.45) is 5.41. The predicted octanol–water partition coefficient (Wildman–Crippen LogP) is 0.526. The number of amides is 1. The van der Waals surface area contributed by atoms with Gasteiger partial charge in [-0.05, 0) is 12.8 Å². The van der Waals surface area contributed by atoms with Gasteiger partial charge >= 0.3 is 0 Å². The Morgan fingerprint density at radius 1 is 1.28 bits per heavy atom. The molecule has 0 spiro atoms. The van der Waals surface area contributed by atoms with Crippen molar-refractivity contribution in [2.24, 2.45) is 5.73 Å². The first-order valence-corrected chi connectivity index (χ1v) is 8.40. The molecule has 0 saturated heterocycles. The van der Waals surface area contributed by atoms with Crippen molar-refractivity contribution >= 4 is 33.0 Å². The number of nitrogens with one attached hydrogen (secondary N) is 1. The van der Waals surface area contributed by atoms with Crippen molar-refractivity contribution < 1.29 is 13.2 Å². The monoisotopic (exact) mass is 292 g/mol. The number of hydrogen-bond donors (Lipinski definition) is 2. The number of thiocarbonyl (C=S) groups is 1. The Morgan fingerprint density at radius 2 is 1.89 bits per heavy atom. The van der Waals surface area contributed by atoms with Gasteiger partial charge in [-0.2, -0.15) is 0 Å². The fraction of sp³-hybridized carbons (Fsp3) is 0.818. The molecule has 104 valence electrons. The molecule has 1 fully saturated rings. The second kappa shape index (κ2) is 7.04. The zero-order valence-corrected chi connectivity index (χ0v) is 12.0. The molecule has 0 aromatic rings. The van der Waals surface area contributed by atoms with E-state index in [0.717, 1.165) is 25.7 Å². The minimum absolute atomic E-state index is 0.133. The molecule has 5 nitrogen and oxygen atoms in total. The van der Waals surface area contributed by atoms with E-state index < -0.39 is 21.5 Å². The molecule has 3 N–H and O–H groups in total. The Balaban J connectivity index is 2.36. The molecule has 1 rings (SSSR count). The molecule has 0 unspecified atom stereocenters. The van der Waals surface area contributed by atoms with Crippen LogP contribution in [-0.4, -0.2) is 36.9 Å². The molecule has 0 atom stereocenters. The number of carbonyl (C=O) groups excluding carboxylic acids is 1. The van der Waals surface area contributed by atoms with Crippen molar-refractivity contribution in [3.63, 3.8) is 0 Å². The molecular weight excluding hydrogens is 272 g/mol. The zero-order valence-electron chi connectivity index (χ0n) is 10.4. The molecule has 0 aromatic heterocycles. The second-order valence-corrected chi connectivity index (χ2v) is 7.42. The lowest BCUT2D eigenvalue weighted by Crippen LogP contribution is -2.40. The fourth-order valence-corrected chi connectivity index (χ4v) is 3.43. The van der Waals surface area contributed by atoms with Crippen LogP contribution in [0.1, 0.15) is 38.5 Å². The van der Waals surface area contributed by atoms with E-state index in [1.165, 1.54) is 6.42 Å². The van der Waals surface area contributed by atoms with Gasteiger partial charge in [0.2, 0.25) is 5.91 Å². The smallest absolute Gasteiger partial charge is 0.235 e. The molecule has 1 aliphatic carbocycles. The van der Waals surface area contributed by atoms with E-state index in [1.54, 1.807) is 0 Å². The van der Waals surface area contributed by atoms with Crippen molar-refractivity contribution in [3.05, 3.63) is 0 Å². The Hall–Kier alpha value is -0.690. The summed E-state index contributed by atoms with van der Waals surface area (Å²) in [6.45, 7) is 0. The average molecular weight is 292 g/mol. The highest BCUT2D eigenvalue weighted by atomic mass is 32.2. The van der Waals surface area contributed by atoms with E-state index in [9.17, 15) is 13.2 Å². The van der Waals surface area contributed by atoms with Crippen LogP contribution in [0.25, 0.3) is 0 Å². The Kier molecular flexibility index (Phi) is 6.01. The summed E-state index contributed by atoms with van der Waals surface area (Å²) >= 11 is 4.62. The van der Waals surface area contributed by atoms with Crippen LogP contribution in [0.2, 0.25) is 0 Å². The molecule has 7 heteroatoms. The quantitative estimate of drug-likeness (QED) is 0.697. The Labute approximate surface area is 113 Å². The largest absolute Gasteiger partial charge is 0.393 e. The minimum atomic E-state index is -3.41. The molecule has 18 heavy (non-hydrogen) atoms. The van der Waals surface area contributed by atoms with Crippen LogP contribution in [0, 0.1) is 0 Å². The maximum absolute atomic E-state index is 11.6. The third kappa shape index (κ3) is 6.30. The van der Waals surface area contributed by atoms with Gasteiger partial charge in [-0.15, -0.1) is 0 Å². The van der Waals surface area contributed by atoms with Crippen LogP contribution in [0.4, 0.5) is 0 Å². The first-order chi connectivity index (χ1) is 8.39. The highest BCUT2D eigenvalue weighted by Crippen LogP contribution is 2.17.